The van der Waals surface area contributed by atoms with Crippen LogP contribution in [0, 0.1) is 6.92 Å². The van der Waals surface area contributed by atoms with Gasteiger partial charge in [0.2, 0.25) is 0 Å². The van der Waals surface area contributed by atoms with Gasteiger partial charge in [0, 0.05) is 16.8 Å². The molecule has 0 saturated heterocycles. The van der Waals surface area contributed by atoms with Gasteiger partial charge in [0.15, 0.2) is 5.69 Å². The summed E-state index contributed by atoms with van der Waals surface area (Å²) in [6, 6.07) is 7.96. The third-order valence-corrected chi connectivity index (χ3v) is 2.94. The van der Waals surface area contributed by atoms with Crippen LogP contribution in [0.2, 0.25) is 5.02 Å². The molecule has 102 valence electrons. The predicted octanol–water partition coefficient (Wildman–Crippen LogP) is 2.99. The van der Waals surface area contributed by atoms with E-state index in [0.717, 1.165) is 5.56 Å². The second kappa shape index (κ2) is 5.71. The van der Waals surface area contributed by atoms with Gasteiger partial charge in [-0.2, -0.15) is 0 Å². The van der Waals surface area contributed by atoms with Crippen molar-refractivity contribution in [2.75, 3.05) is 5.32 Å². The van der Waals surface area contributed by atoms with Crippen LogP contribution in [0.25, 0.3) is 0 Å². The van der Waals surface area contributed by atoms with Gasteiger partial charge in [-0.25, -0.2) is 9.78 Å². The Morgan fingerprint density at radius 3 is 2.75 bits per heavy atom. The molecule has 0 aliphatic rings. The number of aromatic nitrogens is 1. The molecule has 2 aromatic rings. The lowest BCUT2D eigenvalue weighted by molar-refractivity contribution is 0.0692. The first kappa shape index (κ1) is 14.0. The lowest BCUT2D eigenvalue weighted by Crippen LogP contribution is -2.16. The van der Waals surface area contributed by atoms with Gasteiger partial charge in [0.25, 0.3) is 5.91 Å². The third kappa shape index (κ3) is 2.95. The van der Waals surface area contributed by atoms with Crippen LogP contribution in [0.15, 0.2) is 36.5 Å². The molecule has 5 nitrogen and oxygen atoms in total. The Balaban J connectivity index is 2.33. The standard InChI is InChI=1S/C14H11ClN2O3/c1-8-4-5-9(15)7-10(8)13(18)17-11-3-2-6-16-12(11)14(19)20/h2-7H,1H3,(H,17,18)(H,19,20). The number of carboxylic acids is 1. The summed E-state index contributed by atoms with van der Waals surface area (Å²) in [6.07, 6.45) is 1.35. The Kier molecular flexibility index (Phi) is 4.00. The molecule has 20 heavy (non-hydrogen) atoms. The fourth-order valence-electron chi connectivity index (χ4n) is 1.71. The Bertz CT molecular complexity index is 686. The van der Waals surface area contributed by atoms with Crippen molar-refractivity contribution in [3.63, 3.8) is 0 Å². The summed E-state index contributed by atoms with van der Waals surface area (Å²) >= 11 is 5.86. The Hall–Kier alpha value is -2.40. The van der Waals surface area contributed by atoms with Gasteiger partial charge in [-0.05, 0) is 36.8 Å². The van der Waals surface area contributed by atoms with Crippen LogP contribution < -0.4 is 5.32 Å². The highest BCUT2D eigenvalue weighted by Gasteiger charge is 2.15. The third-order valence-electron chi connectivity index (χ3n) is 2.70. The molecular formula is C14H11ClN2O3. The number of amides is 1. The Morgan fingerprint density at radius 1 is 1.30 bits per heavy atom. The number of anilines is 1. The molecule has 0 radical (unpaired) electrons. The minimum atomic E-state index is -1.20. The summed E-state index contributed by atoms with van der Waals surface area (Å²) in [5.41, 5.74) is 1.07. The fourth-order valence-corrected chi connectivity index (χ4v) is 1.88. The maximum absolute atomic E-state index is 12.2. The number of hydrogen-bond donors (Lipinski definition) is 2. The average Bonchev–Trinajstić information content (AvgIpc) is 2.41. The lowest BCUT2D eigenvalue weighted by Gasteiger charge is -2.09. The van der Waals surface area contributed by atoms with Crippen molar-refractivity contribution in [2.45, 2.75) is 6.92 Å². The predicted molar refractivity (Wildman–Crippen MR) is 75.3 cm³/mol. The molecular weight excluding hydrogens is 280 g/mol. The van der Waals surface area contributed by atoms with Gasteiger partial charge < -0.3 is 10.4 Å². The quantitative estimate of drug-likeness (QED) is 0.911. The van der Waals surface area contributed by atoms with E-state index in [9.17, 15) is 9.59 Å². The second-order valence-electron chi connectivity index (χ2n) is 4.12. The van der Waals surface area contributed by atoms with Crippen LogP contribution in [-0.4, -0.2) is 22.0 Å². The molecule has 0 aliphatic heterocycles. The number of hydrogen-bond acceptors (Lipinski definition) is 3. The number of carbonyl (C=O) groups is 2. The van der Waals surface area contributed by atoms with Crippen LogP contribution in [0.1, 0.15) is 26.4 Å². The number of halogens is 1. The molecule has 0 unspecified atom stereocenters. The SMILES string of the molecule is Cc1ccc(Cl)cc1C(=O)Nc1cccnc1C(=O)O. The molecule has 2 rings (SSSR count). The van der Waals surface area contributed by atoms with Gasteiger partial charge in [0.1, 0.15) is 0 Å². The average molecular weight is 291 g/mol. The number of rotatable bonds is 3. The van der Waals surface area contributed by atoms with E-state index in [2.05, 4.69) is 10.3 Å². The second-order valence-corrected chi connectivity index (χ2v) is 4.55. The number of carbonyl (C=O) groups excluding carboxylic acids is 1. The normalized spacial score (nSPS) is 10.1. The summed E-state index contributed by atoms with van der Waals surface area (Å²) in [4.78, 5) is 26.9. The van der Waals surface area contributed by atoms with Crippen LogP contribution >= 0.6 is 11.6 Å². The van der Waals surface area contributed by atoms with E-state index in [1.807, 2.05) is 0 Å². The summed E-state index contributed by atoms with van der Waals surface area (Å²) < 4.78 is 0. The van der Waals surface area contributed by atoms with E-state index in [1.165, 1.54) is 18.3 Å². The molecule has 0 aliphatic carbocycles. The molecule has 0 spiro atoms. The fraction of sp³-hybridized carbons (Fsp3) is 0.0714. The summed E-state index contributed by atoms with van der Waals surface area (Å²) in [6.45, 7) is 1.77. The van der Waals surface area contributed by atoms with Crippen molar-refractivity contribution >= 4 is 29.2 Å². The zero-order valence-corrected chi connectivity index (χ0v) is 11.3. The monoisotopic (exact) mass is 290 g/mol. The molecule has 2 N–H and O–H groups in total. The molecule has 1 heterocycles. The number of benzene rings is 1. The molecule has 0 atom stereocenters. The van der Waals surface area contributed by atoms with Crippen molar-refractivity contribution in [3.8, 4) is 0 Å². The molecule has 1 aromatic heterocycles. The highest BCUT2D eigenvalue weighted by Crippen LogP contribution is 2.18. The van der Waals surface area contributed by atoms with Gasteiger partial charge in [-0.1, -0.05) is 17.7 Å². The molecule has 0 bridgehead atoms. The van der Waals surface area contributed by atoms with Gasteiger partial charge in [-0.15, -0.1) is 0 Å². The summed E-state index contributed by atoms with van der Waals surface area (Å²) in [5.74, 6) is -1.63. The summed E-state index contributed by atoms with van der Waals surface area (Å²) in [5, 5.41) is 12.0. The van der Waals surface area contributed by atoms with Crippen LogP contribution in [0.3, 0.4) is 0 Å². The highest BCUT2D eigenvalue weighted by molar-refractivity contribution is 6.31. The zero-order valence-electron chi connectivity index (χ0n) is 10.6. The van der Waals surface area contributed by atoms with Crippen molar-refractivity contribution in [1.29, 1.82) is 0 Å². The van der Waals surface area contributed by atoms with Crippen LogP contribution in [-0.2, 0) is 0 Å². The minimum absolute atomic E-state index is 0.143. The van der Waals surface area contributed by atoms with E-state index in [1.54, 1.807) is 25.1 Å². The number of pyridine rings is 1. The van der Waals surface area contributed by atoms with Gasteiger partial charge in [-0.3, -0.25) is 4.79 Å². The number of carboxylic acid groups (broad SMARTS) is 1. The van der Waals surface area contributed by atoms with Gasteiger partial charge >= 0.3 is 5.97 Å². The van der Waals surface area contributed by atoms with Crippen molar-refractivity contribution in [1.82, 2.24) is 4.98 Å². The van der Waals surface area contributed by atoms with E-state index in [-0.39, 0.29) is 11.4 Å². The summed E-state index contributed by atoms with van der Waals surface area (Å²) in [7, 11) is 0. The van der Waals surface area contributed by atoms with Gasteiger partial charge in [0.05, 0.1) is 5.69 Å². The first-order valence-corrected chi connectivity index (χ1v) is 6.12. The molecule has 1 amide bonds. The van der Waals surface area contributed by atoms with Crippen molar-refractivity contribution < 1.29 is 14.7 Å². The molecule has 0 fully saturated rings. The molecule has 0 saturated carbocycles. The number of nitrogens with one attached hydrogen (secondary N) is 1. The smallest absolute Gasteiger partial charge is 0.356 e. The maximum Gasteiger partial charge on any atom is 0.356 e. The topological polar surface area (TPSA) is 79.3 Å². The number of nitrogens with zero attached hydrogens (tertiary/aromatic N) is 1. The van der Waals surface area contributed by atoms with Crippen molar-refractivity contribution in [3.05, 3.63) is 58.4 Å². The van der Waals surface area contributed by atoms with E-state index in [4.69, 9.17) is 16.7 Å². The highest BCUT2D eigenvalue weighted by atomic mass is 35.5. The minimum Gasteiger partial charge on any atom is -0.476 e. The Labute approximate surface area is 120 Å². The molecule has 1 aromatic carbocycles. The first-order chi connectivity index (χ1) is 9.49. The van der Waals surface area contributed by atoms with Crippen LogP contribution in [0.4, 0.5) is 5.69 Å². The van der Waals surface area contributed by atoms with E-state index >= 15 is 0 Å². The number of aromatic carboxylic acids is 1. The van der Waals surface area contributed by atoms with Crippen LogP contribution in [0.5, 0.6) is 0 Å². The van der Waals surface area contributed by atoms with E-state index in [0.29, 0.717) is 10.6 Å². The maximum atomic E-state index is 12.2. The Morgan fingerprint density at radius 2 is 2.05 bits per heavy atom. The largest absolute Gasteiger partial charge is 0.476 e. The number of aryl methyl sites for hydroxylation is 1. The molecule has 6 heteroatoms. The lowest BCUT2D eigenvalue weighted by atomic mass is 10.1. The zero-order chi connectivity index (χ0) is 14.7. The van der Waals surface area contributed by atoms with Crippen molar-refractivity contribution in [2.24, 2.45) is 0 Å². The van der Waals surface area contributed by atoms with E-state index < -0.39 is 11.9 Å². The first-order valence-electron chi connectivity index (χ1n) is 5.75.